The van der Waals surface area contributed by atoms with Crippen molar-refractivity contribution in [1.29, 1.82) is 0 Å². The molecule has 1 fully saturated rings. The minimum Gasteiger partial charge on any atom is -0.497 e. The number of nitrogens with zero attached hydrogens (tertiary/aromatic N) is 4. The number of methoxy groups -OCH3 is 1. The Labute approximate surface area is 162 Å². The fraction of sp³-hybridized carbons (Fsp3) is 0.450. The summed E-state index contributed by atoms with van der Waals surface area (Å²) in [5, 5.41) is 5.08. The van der Waals surface area contributed by atoms with E-state index < -0.39 is 0 Å². The lowest BCUT2D eigenvalue weighted by Gasteiger charge is -2.30. The van der Waals surface area contributed by atoms with Gasteiger partial charge in [-0.05, 0) is 44.0 Å². The maximum atomic E-state index is 12.4. The minimum absolute atomic E-state index is 0.102. The number of fused-ring (bicyclic) bond motifs is 1. The summed E-state index contributed by atoms with van der Waals surface area (Å²) in [4.78, 5) is 20.2. The zero-order valence-electron chi connectivity index (χ0n) is 15.7. The molecule has 1 saturated heterocycles. The second kappa shape index (κ2) is 7.78. The lowest BCUT2D eigenvalue weighted by molar-refractivity contribution is 0.190. The summed E-state index contributed by atoms with van der Waals surface area (Å²) in [6.07, 6.45) is 4.75. The van der Waals surface area contributed by atoms with Gasteiger partial charge in [-0.25, -0.2) is 4.98 Å². The van der Waals surface area contributed by atoms with Crippen molar-refractivity contribution in [2.75, 3.05) is 13.7 Å². The van der Waals surface area contributed by atoms with Crippen LogP contribution in [0.4, 0.5) is 0 Å². The average molecular weight is 385 g/mol. The Kier molecular flexibility index (Phi) is 5.22. The summed E-state index contributed by atoms with van der Waals surface area (Å²) in [6.45, 7) is 3.59. The van der Waals surface area contributed by atoms with E-state index in [1.54, 1.807) is 13.2 Å². The van der Waals surface area contributed by atoms with Crippen LogP contribution in [0.5, 0.6) is 5.75 Å². The van der Waals surface area contributed by atoms with Gasteiger partial charge in [-0.15, -0.1) is 0 Å². The van der Waals surface area contributed by atoms with Gasteiger partial charge in [0.25, 0.3) is 5.56 Å². The van der Waals surface area contributed by atoms with Gasteiger partial charge in [-0.2, -0.15) is 9.61 Å². The molecule has 6 nitrogen and oxygen atoms in total. The molecule has 27 heavy (non-hydrogen) atoms. The lowest BCUT2D eigenvalue weighted by Crippen LogP contribution is -2.29. The molecule has 1 aromatic carbocycles. The Hall–Kier alpha value is -2.25. The van der Waals surface area contributed by atoms with E-state index in [0.29, 0.717) is 17.5 Å². The van der Waals surface area contributed by atoms with Crippen molar-refractivity contribution in [1.82, 2.24) is 19.5 Å². The lowest BCUT2D eigenvalue weighted by atomic mass is 10.0. The average Bonchev–Trinajstić information content (AvgIpc) is 2.90. The fourth-order valence-electron chi connectivity index (χ4n) is 3.80. The predicted octanol–water partition coefficient (Wildman–Crippen LogP) is 3.59. The van der Waals surface area contributed by atoms with Crippen molar-refractivity contribution < 1.29 is 4.74 Å². The predicted molar refractivity (Wildman–Crippen MR) is 106 cm³/mol. The van der Waals surface area contributed by atoms with Crippen molar-refractivity contribution in [2.45, 2.75) is 45.2 Å². The SMILES string of the molecule is COc1ccc([C@H]2CCCCCN2Cc2cc(=O)n3nc(C)sc3n2)cc1. The van der Waals surface area contributed by atoms with E-state index >= 15 is 0 Å². The van der Waals surface area contributed by atoms with E-state index in [2.05, 4.69) is 22.1 Å². The molecule has 0 saturated carbocycles. The smallest absolute Gasteiger partial charge is 0.275 e. The number of hydrogen-bond donors (Lipinski definition) is 0. The first-order valence-corrected chi connectivity index (χ1v) is 10.2. The van der Waals surface area contributed by atoms with Gasteiger partial charge >= 0.3 is 0 Å². The second-order valence-electron chi connectivity index (χ2n) is 7.01. The van der Waals surface area contributed by atoms with Gasteiger partial charge in [-0.3, -0.25) is 9.69 Å². The summed E-state index contributed by atoms with van der Waals surface area (Å²) in [5.74, 6) is 0.875. The highest BCUT2D eigenvalue weighted by atomic mass is 32.1. The third-order valence-corrected chi connectivity index (χ3v) is 5.95. The molecular weight excluding hydrogens is 360 g/mol. The fourth-order valence-corrected chi connectivity index (χ4v) is 4.57. The van der Waals surface area contributed by atoms with Crippen molar-refractivity contribution >= 4 is 16.3 Å². The molecule has 142 valence electrons. The number of hydrogen-bond acceptors (Lipinski definition) is 6. The van der Waals surface area contributed by atoms with Gasteiger partial charge in [0.1, 0.15) is 10.8 Å². The molecule has 0 amide bonds. The number of benzene rings is 1. The maximum Gasteiger partial charge on any atom is 0.275 e. The summed E-state index contributed by atoms with van der Waals surface area (Å²) in [5.41, 5.74) is 2.02. The third-order valence-electron chi connectivity index (χ3n) is 5.13. The summed E-state index contributed by atoms with van der Waals surface area (Å²) < 4.78 is 6.69. The molecule has 2 aromatic heterocycles. The van der Waals surface area contributed by atoms with Crippen LogP contribution in [0, 0.1) is 6.92 Å². The summed E-state index contributed by atoms with van der Waals surface area (Å²) >= 11 is 1.46. The van der Waals surface area contributed by atoms with Gasteiger partial charge in [-0.1, -0.05) is 36.3 Å². The van der Waals surface area contributed by atoms with Gasteiger partial charge < -0.3 is 4.74 Å². The Morgan fingerprint density at radius 2 is 2.04 bits per heavy atom. The van der Waals surface area contributed by atoms with Gasteiger partial charge in [0, 0.05) is 18.7 Å². The van der Waals surface area contributed by atoms with Crippen molar-refractivity contribution in [2.24, 2.45) is 0 Å². The van der Waals surface area contributed by atoms with E-state index in [1.807, 2.05) is 19.1 Å². The van der Waals surface area contributed by atoms with Crippen molar-refractivity contribution in [3.63, 3.8) is 0 Å². The van der Waals surface area contributed by atoms with Crippen LogP contribution in [0.3, 0.4) is 0 Å². The van der Waals surface area contributed by atoms with Gasteiger partial charge in [0.2, 0.25) is 4.96 Å². The first-order valence-electron chi connectivity index (χ1n) is 9.38. The summed E-state index contributed by atoms with van der Waals surface area (Å²) in [7, 11) is 1.69. The quantitative estimate of drug-likeness (QED) is 0.688. The molecule has 0 spiro atoms. The first-order chi connectivity index (χ1) is 13.1. The number of rotatable bonds is 4. The van der Waals surface area contributed by atoms with Crippen molar-refractivity contribution in [3.05, 3.63) is 57.0 Å². The molecule has 1 aliphatic rings. The molecule has 3 heterocycles. The van der Waals surface area contributed by atoms with E-state index in [1.165, 1.54) is 40.7 Å². The molecular formula is C20H24N4O2S. The van der Waals surface area contributed by atoms with Crippen LogP contribution in [-0.2, 0) is 6.54 Å². The zero-order chi connectivity index (χ0) is 18.8. The van der Waals surface area contributed by atoms with E-state index in [0.717, 1.165) is 29.4 Å². The van der Waals surface area contributed by atoms with Crippen LogP contribution in [0.15, 0.2) is 35.1 Å². The third kappa shape index (κ3) is 3.89. The van der Waals surface area contributed by atoms with Gasteiger partial charge in [0.15, 0.2) is 0 Å². The number of ether oxygens (including phenoxy) is 1. The maximum absolute atomic E-state index is 12.4. The largest absolute Gasteiger partial charge is 0.497 e. The molecule has 7 heteroatoms. The number of aromatic nitrogens is 3. The molecule has 0 aliphatic carbocycles. The van der Waals surface area contributed by atoms with Crippen LogP contribution in [-0.4, -0.2) is 33.2 Å². The highest BCUT2D eigenvalue weighted by Crippen LogP contribution is 2.32. The highest BCUT2D eigenvalue weighted by Gasteiger charge is 2.23. The molecule has 0 unspecified atom stereocenters. The molecule has 1 atom stereocenters. The number of aryl methyl sites for hydroxylation is 1. The van der Waals surface area contributed by atoms with Gasteiger partial charge in [0.05, 0.1) is 12.8 Å². The van der Waals surface area contributed by atoms with Crippen molar-refractivity contribution in [3.8, 4) is 5.75 Å². The van der Waals surface area contributed by atoms with E-state index in [9.17, 15) is 4.79 Å². The minimum atomic E-state index is -0.102. The molecule has 0 N–H and O–H groups in total. The Balaban J connectivity index is 1.63. The monoisotopic (exact) mass is 384 g/mol. The zero-order valence-corrected chi connectivity index (χ0v) is 16.5. The van der Waals surface area contributed by atoms with E-state index in [4.69, 9.17) is 9.72 Å². The molecule has 1 aliphatic heterocycles. The van der Waals surface area contributed by atoms with Crippen LogP contribution in [0.1, 0.15) is 48.0 Å². The Bertz CT molecular complexity index is 980. The highest BCUT2D eigenvalue weighted by molar-refractivity contribution is 7.16. The molecule has 4 rings (SSSR count). The van der Waals surface area contributed by atoms with Crippen LogP contribution < -0.4 is 10.3 Å². The molecule has 0 bridgehead atoms. The first kappa shape index (κ1) is 18.1. The summed E-state index contributed by atoms with van der Waals surface area (Å²) in [6, 6.07) is 10.3. The second-order valence-corrected chi connectivity index (χ2v) is 8.17. The Morgan fingerprint density at radius 1 is 1.22 bits per heavy atom. The van der Waals surface area contributed by atoms with Crippen LogP contribution >= 0.6 is 11.3 Å². The van der Waals surface area contributed by atoms with E-state index in [-0.39, 0.29) is 5.56 Å². The Morgan fingerprint density at radius 3 is 2.81 bits per heavy atom. The number of likely N-dealkylation sites (tertiary alicyclic amines) is 1. The molecule has 3 aromatic rings. The molecule has 0 radical (unpaired) electrons. The standard InChI is InChI=1S/C20H24N4O2S/c1-14-22-24-19(25)12-16(21-20(24)27-14)13-23-11-5-3-4-6-18(23)15-7-9-17(26-2)10-8-15/h7-10,12,18H,3-6,11,13H2,1-2H3/t18-/m1/s1. The normalized spacial score (nSPS) is 18.5. The topological polar surface area (TPSA) is 59.7 Å². The van der Waals surface area contributed by atoms with Crippen LogP contribution in [0.25, 0.3) is 4.96 Å². The van der Waals surface area contributed by atoms with Crippen LogP contribution in [0.2, 0.25) is 0 Å².